The lowest BCUT2D eigenvalue weighted by Crippen LogP contribution is -2.43. The SMILES string of the molecule is O=C(NCc1ccccc1)c1ccc(N2CCNCC2)c(NS(=O)(=O)c2ccccc2F)c1.O=C(O)C(F)(F)F. The van der Waals surface area contributed by atoms with E-state index in [1.54, 1.807) is 12.1 Å². The van der Waals surface area contributed by atoms with Gasteiger partial charge in [0.25, 0.3) is 15.9 Å². The predicted molar refractivity (Wildman–Crippen MR) is 140 cm³/mol. The number of amides is 1. The zero-order valence-electron chi connectivity index (χ0n) is 20.9. The minimum atomic E-state index is -5.08. The van der Waals surface area contributed by atoms with E-state index in [4.69, 9.17) is 9.90 Å². The molecule has 0 bridgehead atoms. The molecular formula is C26H26F4N4O5S. The average Bonchev–Trinajstić information content (AvgIpc) is 2.92. The lowest BCUT2D eigenvalue weighted by molar-refractivity contribution is -0.192. The number of carboxylic acids is 1. The van der Waals surface area contributed by atoms with E-state index < -0.39 is 32.9 Å². The van der Waals surface area contributed by atoms with Crippen molar-refractivity contribution in [3.05, 3.63) is 89.7 Å². The summed E-state index contributed by atoms with van der Waals surface area (Å²) in [4.78, 5) is 23.3. The molecule has 214 valence electrons. The monoisotopic (exact) mass is 582 g/mol. The van der Waals surface area contributed by atoms with Crippen molar-refractivity contribution in [1.82, 2.24) is 10.6 Å². The Hall–Kier alpha value is -4.17. The van der Waals surface area contributed by atoms with Gasteiger partial charge in [-0.1, -0.05) is 42.5 Å². The Kier molecular flexibility index (Phi) is 10.1. The Morgan fingerprint density at radius 2 is 1.55 bits per heavy atom. The third kappa shape index (κ3) is 8.41. The number of hydrogen-bond donors (Lipinski definition) is 4. The normalized spacial score (nSPS) is 13.6. The van der Waals surface area contributed by atoms with E-state index in [0.717, 1.165) is 24.7 Å². The fourth-order valence-electron chi connectivity index (χ4n) is 3.68. The number of anilines is 2. The van der Waals surface area contributed by atoms with Crippen LogP contribution in [0.2, 0.25) is 0 Å². The lowest BCUT2D eigenvalue weighted by Gasteiger charge is -2.31. The third-order valence-corrected chi connectivity index (χ3v) is 7.02. The van der Waals surface area contributed by atoms with Gasteiger partial charge in [0.2, 0.25) is 0 Å². The number of piperazine rings is 1. The molecule has 0 unspecified atom stereocenters. The van der Waals surface area contributed by atoms with Gasteiger partial charge in [-0.25, -0.2) is 17.6 Å². The first kappa shape index (κ1) is 30.4. The molecular weight excluding hydrogens is 556 g/mol. The molecule has 1 heterocycles. The molecule has 0 aliphatic carbocycles. The van der Waals surface area contributed by atoms with Gasteiger partial charge in [0.1, 0.15) is 10.7 Å². The fourth-order valence-corrected chi connectivity index (χ4v) is 4.83. The fraction of sp³-hybridized carbons (Fsp3) is 0.231. The number of nitrogens with one attached hydrogen (secondary N) is 3. The first-order chi connectivity index (χ1) is 18.9. The minimum absolute atomic E-state index is 0.229. The molecule has 1 aliphatic rings. The van der Waals surface area contributed by atoms with Gasteiger partial charge in [0, 0.05) is 38.3 Å². The Labute approximate surface area is 227 Å². The molecule has 0 spiro atoms. The first-order valence-corrected chi connectivity index (χ1v) is 13.4. The van der Waals surface area contributed by atoms with Gasteiger partial charge in [-0.2, -0.15) is 13.2 Å². The van der Waals surface area contributed by atoms with Gasteiger partial charge >= 0.3 is 12.1 Å². The summed E-state index contributed by atoms with van der Waals surface area (Å²) in [6.45, 7) is 3.19. The number of carboxylic acid groups (broad SMARTS) is 1. The largest absolute Gasteiger partial charge is 0.490 e. The van der Waals surface area contributed by atoms with Crippen LogP contribution < -0.4 is 20.3 Å². The van der Waals surface area contributed by atoms with Crippen LogP contribution in [0.4, 0.5) is 28.9 Å². The molecule has 4 rings (SSSR count). The molecule has 9 nitrogen and oxygen atoms in total. The Balaban J connectivity index is 0.000000559. The third-order valence-electron chi connectivity index (χ3n) is 5.63. The smallest absolute Gasteiger partial charge is 0.475 e. The number of alkyl halides is 3. The predicted octanol–water partition coefficient (Wildman–Crippen LogP) is 3.60. The van der Waals surface area contributed by atoms with Gasteiger partial charge in [-0.3, -0.25) is 9.52 Å². The van der Waals surface area contributed by atoms with E-state index in [1.165, 1.54) is 24.3 Å². The van der Waals surface area contributed by atoms with Gasteiger partial charge in [-0.15, -0.1) is 0 Å². The number of rotatable bonds is 7. The van der Waals surface area contributed by atoms with Gasteiger partial charge in [0.05, 0.1) is 11.4 Å². The first-order valence-electron chi connectivity index (χ1n) is 11.9. The summed E-state index contributed by atoms with van der Waals surface area (Å²) in [5, 5.41) is 13.2. The van der Waals surface area contributed by atoms with Crippen molar-refractivity contribution in [1.29, 1.82) is 0 Å². The van der Waals surface area contributed by atoms with Crippen molar-refractivity contribution in [3.63, 3.8) is 0 Å². The molecule has 14 heteroatoms. The van der Waals surface area contributed by atoms with Gasteiger partial charge < -0.3 is 20.6 Å². The van der Waals surface area contributed by atoms with Crippen molar-refractivity contribution >= 4 is 33.3 Å². The number of hydrogen-bond acceptors (Lipinski definition) is 6. The average molecular weight is 583 g/mol. The number of carbonyl (C=O) groups excluding carboxylic acids is 1. The number of halogens is 4. The van der Waals surface area contributed by atoms with E-state index in [0.29, 0.717) is 30.9 Å². The van der Waals surface area contributed by atoms with E-state index >= 15 is 0 Å². The van der Waals surface area contributed by atoms with E-state index in [1.807, 2.05) is 35.2 Å². The van der Waals surface area contributed by atoms with E-state index in [-0.39, 0.29) is 11.6 Å². The lowest BCUT2D eigenvalue weighted by atomic mass is 10.1. The van der Waals surface area contributed by atoms with E-state index in [2.05, 4.69) is 15.4 Å². The molecule has 3 aromatic carbocycles. The van der Waals surface area contributed by atoms with Gasteiger partial charge in [0.15, 0.2) is 0 Å². The number of nitrogens with zero attached hydrogens (tertiary/aromatic N) is 1. The summed E-state index contributed by atoms with van der Waals surface area (Å²) < 4.78 is 74.4. The highest BCUT2D eigenvalue weighted by molar-refractivity contribution is 7.92. The Morgan fingerprint density at radius 3 is 2.15 bits per heavy atom. The van der Waals surface area contributed by atoms with Crippen LogP contribution in [0, 0.1) is 5.82 Å². The highest BCUT2D eigenvalue weighted by Gasteiger charge is 2.38. The van der Waals surface area contributed by atoms with Crippen molar-refractivity contribution in [3.8, 4) is 0 Å². The molecule has 1 amide bonds. The molecule has 1 saturated heterocycles. The van der Waals surface area contributed by atoms with Crippen LogP contribution in [0.3, 0.4) is 0 Å². The molecule has 40 heavy (non-hydrogen) atoms. The number of sulfonamides is 1. The zero-order valence-corrected chi connectivity index (χ0v) is 21.7. The number of benzene rings is 3. The highest BCUT2D eigenvalue weighted by atomic mass is 32.2. The quantitative estimate of drug-likeness (QED) is 0.314. The highest BCUT2D eigenvalue weighted by Crippen LogP contribution is 2.30. The second-order valence-corrected chi connectivity index (χ2v) is 10.1. The second kappa shape index (κ2) is 13.3. The molecule has 1 aliphatic heterocycles. The Bertz CT molecular complexity index is 1430. The topological polar surface area (TPSA) is 128 Å². The maximum absolute atomic E-state index is 14.2. The number of aliphatic carboxylic acids is 1. The van der Waals surface area contributed by atoms with Crippen molar-refractivity contribution < 1.29 is 40.7 Å². The van der Waals surface area contributed by atoms with Crippen LogP contribution in [0.25, 0.3) is 0 Å². The van der Waals surface area contributed by atoms with Gasteiger partial charge in [-0.05, 0) is 35.9 Å². The maximum atomic E-state index is 14.2. The summed E-state index contributed by atoms with van der Waals surface area (Å²) in [7, 11) is -4.20. The summed E-state index contributed by atoms with van der Waals surface area (Å²) in [5.41, 5.74) is 2.11. The molecule has 4 N–H and O–H groups in total. The van der Waals surface area contributed by atoms with E-state index in [9.17, 15) is 30.8 Å². The number of carbonyl (C=O) groups is 2. The van der Waals surface area contributed by atoms with Crippen LogP contribution >= 0.6 is 0 Å². The van der Waals surface area contributed by atoms with Crippen molar-refractivity contribution in [2.75, 3.05) is 35.8 Å². The molecule has 0 atom stereocenters. The van der Waals surface area contributed by atoms with Crippen LogP contribution in [-0.4, -0.2) is 57.8 Å². The standard InChI is InChI=1S/C24H25FN4O3S.C2HF3O2/c25-20-8-4-5-9-23(20)33(31,32)28-21-16-19(10-11-22(21)29-14-12-26-13-15-29)24(30)27-17-18-6-2-1-3-7-18;3-2(4,5)1(6)7/h1-11,16,26,28H,12-15,17H2,(H,27,30);(H,6,7). The molecule has 0 aromatic heterocycles. The summed E-state index contributed by atoms with van der Waals surface area (Å²) in [6, 6.07) is 19.6. The molecule has 0 radical (unpaired) electrons. The molecule has 3 aromatic rings. The van der Waals surface area contributed by atoms with Crippen LogP contribution in [0.15, 0.2) is 77.7 Å². The minimum Gasteiger partial charge on any atom is -0.475 e. The van der Waals surface area contributed by atoms with Crippen LogP contribution in [-0.2, 0) is 21.4 Å². The summed E-state index contributed by atoms with van der Waals surface area (Å²) in [5.74, 6) is -3.94. The van der Waals surface area contributed by atoms with Crippen LogP contribution in [0.1, 0.15) is 15.9 Å². The zero-order chi connectivity index (χ0) is 29.3. The maximum Gasteiger partial charge on any atom is 0.490 e. The second-order valence-electron chi connectivity index (χ2n) is 8.48. The van der Waals surface area contributed by atoms with Crippen molar-refractivity contribution in [2.24, 2.45) is 0 Å². The van der Waals surface area contributed by atoms with Crippen molar-refractivity contribution in [2.45, 2.75) is 17.6 Å². The Morgan fingerprint density at radius 1 is 0.950 bits per heavy atom. The van der Waals surface area contributed by atoms with Crippen LogP contribution in [0.5, 0.6) is 0 Å². The molecule has 0 saturated carbocycles. The summed E-state index contributed by atoms with van der Waals surface area (Å²) in [6.07, 6.45) is -5.08. The molecule has 1 fully saturated rings. The summed E-state index contributed by atoms with van der Waals surface area (Å²) >= 11 is 0.